The number of hydrogen-bond donors (Lipinski definition) is 0. The van der Waals surface area contributed by atoms with E-state index in [1.54, 1.807) is 4.90 Å². The molecule has 0 saturated heterocycles. The summed E-state index contributed by atoms with van der Waals surface area (Å²) >= 11 is 0. The van der Waals surface area contributed by atoms with Crippen molar-refractivity contribution in [3.63, 3.8) is 0 Å². The number of nitriles is 1. The van der Waals surface area contributed by atoms with Crippen molar-refractivity contribution in [3.05, 3.63) is 29.8 Å². The first-order chi connectivity index (χ1) is 9.94. The van der Waals surface area contributed by atoms with E-state index < -0.39 is 0 Å². The van der Waals surface area contributed by atoms with Crippen molar-refractivity contribution < 1.29 is 4.79 Å². The topological polar surface area (TPSA) is 47.3 Å². The van der Waals surface area contributed by atoms with Gasteiger partial charge in [0.2, 0.25) is 0 Å². The zero-order chi connectivity index (χ0) is 15.5. The summed E-state index contributed by atoms with van der Waals surface area (Å²) in [5, 5.41) is 9.03. The van der Waals surface area contributed by atoms with Gasteiger partial charge in [0.15, 0.2) is 0 Å². The molecular weight excluding hydrogens is 262 g/mol. The van der Waals surface area contributed by atoms with E-state index in [-0.39, 0.29) is 11.4 Å². The largest absolute Gasteiger partial charge is 0.324 e. The number of benzene rings is 1. The van der Waals surface area contributed by atoms with Crippen LogP contribution in [0.5, 0.6) is 0 Å². The SMILES string of the molecule is CN1Cc2ccccc2N(CCCCC(C)(C)C#N)C1=O. The van der Waals surface area contributed by atoms with Crippen molar-refractivity contribution in [3.8, 4) is 6.07 Å². The minimum Gasteiger partial charge on any atom is -0.323 e. The van der Waals surface area contributed by atoms with Crippen LogP contribution in [0.4, 0.5) is 10.5 Å². The summed E-state index contributed by atoms with van der Waals surface area (Å²) in [6, 6.07) is 10.5. The number of fused-ring (bicyclic) bond motifs is 1. The Labute approximate surface area is 127 Å². The third-order valence-corrected chi connectivity index (χ3v) is 3.98. The maximum absolute atomic E-state index is 12.3. The monoisotopic (exact) mass is 285 g/mol. The molecule has 0 aliphatic carbocycles. The van der Waals surface area contributed by atoms with Crippen LogP contribution in [0.25, 0.3) is 0 Å². The van der Waals surface area contributed by atoms with Gasteiger partial charge >= 0.3 is 6.03 Å². The lowest BCUT2D eigenvalue weighted by atomic mass is 9.89. The number of para-hydroxylation sites is 1. The molecule has 112 valence electrons. The molecule has 1 aliphatic heterocycles. The van der Waals surface area contributed by atoms with Gasteiger partial charge in [-0.25, -0.2) is 4.79 Å². The lowest BCUT2D eigenvalue weighted by Gasteiger charge is -2.35. The highest BCUT2D eigenvalue weighted by atomic mass is 16.2. The fraction of sp³-hybridized carbons (Fsp3) is 0.529. The zero-order valence-electron chi connectivity index (χ0n) is 13.1. The van der Waals surface area contributed by atoms with Crippen LogP contribution in [0.1, 0.15) is 38.7 Å². The third-order valence-electron chi connectivity index (χ3n) is 3.98. The molecule has 0 radical (unpaired) electrons. The average molecular weight is 285 g/mol. The lowest BCUT2D eigenvalue weighted by Crippen LogP contribution is -2.45. The van der Waals surface area contributed by atoms with Crippen LogP contribution in [0.15, 0.2) is 24.3 Å². The summed E-state index contributed by atoms with van der Waals surface area (Å²) in [5.41, 5.74) is 1.94. The summed E-state index contributed by atoms with van der Waals surface area (Å²) in [6.07, 6.45) is 2.73. The predicted molar refractivity (Wildman–Crippen MR) is 83.9 cm³/mol. The second kappa shape index (κ2) is 6.17. The summed E-state index contributed by atoms with van der Waals surface area (Å²) in [5.74, 6) is 0. The van der Waals surface area contributed by atoms with Crippen molar-refractivity contribution in [1.29, 1.82) is 5.26 Å². The summed E-state index contributed by atoms with van der Waals surface area (Å²) in [6.45, 7) is 5.30. The van der Waals surface area contributed by atoms with Crippen LogP contribution < -0.4 is 4.90 Å². The van der Waals surface area contributed by atoms with Gasteiger partial charge in [-0.2, -0.15) is 5.26 Å². The molecule has 0 unspecified atom stereocenters. The van der Waals surface area contributed by atoms with Gasteiger partial charge in [-0.1, -0.05) is 24.6 Å². The van der Waals surface area contributed by atoms with Gasteiger partial charge < -0.3 is 4.90 Å². The molecule has 2 amide bonds. The van der Waals surface area contributed by atoms with Crippen LogP contribution in [0.2, 0.25) is 0 Å². The van der Waals surface area contributed by atoms with E-state index in [9.17, 15) is 4.79 Å². The Balaban J connectivity index is 1.99. The van der Waals surface area contributed by atoms with Crippen LogP contribution in [0, 0.1) is 16.7 Å². The van der Waals surface area contributed by atoms with Crippen molar-refractivity contribution in [2.45, 2.75) is 39.7 Å². The van der Waals surface area contributed by atoms with E-state index in [0.29, 0.717) is 13.1 Å². The maximum Gasteiger partial charge on any atom is 0.324 e. The number of carbonyl (C=O) groups is 1. The quantitative estimate of drug-likeness (QED) is 0.773. The van der Waals surface area contributed by atoms with Gasteiger partial charge in [0.05, 0.1) is 17.2 Å². The fourth-order valence-corrected chi connectivity index (χ4v) is 2.65. The molecule has 0 N–H and O–H groups in total. The Morgan fingerprint density at radius 3 is 2.71 bits per heavy atom. The third kappa shape index (κ3) is 3.55. The normalized spacial score (nSPS) is 14.9. The fourth-order valence-electron chi connectivity index (χ4n) is 2.65. The second-order valence-corrected chi connectivity index (χ2v) is 6.37. The number of nitrogens with zero attached hydrogens (tertiary/aromatic N) is 3. The standard InChI is InChI=1S/C17H23N3O/c1-17(2,13-18)10-6-7-11-20-15-9-5-4-8-14(15)12-19(3)16(20)21/h4-5,8-9H,6-7,10-12H2,1-3H3. The molecule has 0 fully saturated rings. The molecule has 1 heterocycles. The minimum atomic E-state index is -0.277. The highest BCUT2D eigenvalue weighted by molar-refractivity contribution is 5.94. The molecular formula is C17H23N3O. The van der Waals surface area contributed by atoms with E-state index in [2.05, 4.69) is 12.1 Å². The average Bonchev–Trinajstić information content (AvgIpc) is 2.47. The van der Waals surface area contributed by atoms with Gasteiger partial charge in [-0.3, -0.25) is 4.90 Å². The van der Waals surface area contributed by atoms with E-state index in [1.807, 2.05) is 44.0 Å². The van der Waals surface area contributed by atoms with Crippen molar-refractivity contribution in [2.24, 2.45) is 5.41 Å². The van der Waals surface area contributed by atoms with Gasteiger partial charge in [0, 0.05) is 20.1 Å². The first-order valence-electron chi connectivity index (χ1n) is 7.46. The highest BCUT2D eigenvalue weighted by Gasteiger charge is 2.27. The van der Waals surface area contributed by atoms with Crippen molar-refractivity contribution >= 4 is 11.7 Å². The van der Waals surface area contributed by atoms with E-state index >= 15 is 0 Å². The van der Waals surface area contributed by atoms with Gasteiger partial charge in [-0.15, -0.1) is 0 Å². The first kappa shape index (κ1) is 15.4. The van der Waals surface area contributed by atoms with Crippen molar-refractivity contribution in [2.75, 3.05) is 18.5 Å². The van der Waals surface area contributed by atoms with Crippen LogP contribution in [-0.4, -0.2) is 24.5 Å². The van der Waals surface area contributed by atoms with E-state index in [0.717, 1.165) is 24.9 Å². The number of urea groups is 1. The van der Waals surface area contributed by atoms with Crippen LogP contribution >= 0.6 is 0 Å². The maximum atomic E-state index is 12.3. The Morgan fingerprint density at radius 2 is 2.00 bits per heavy atom. The number of hydrogen-bond acceptors (Lipinski definition) is 2. The van der Waals surface area contributed by atoms with Crippen LogP contribution in [-0.2, 0) is 6.54 Å². The molecule has 0 spiro atoms. The molecule has 0 atom stereocenters. The molecule has 0 bridgehead atoms. The predicted octanol–water partition coefficient (Wildman–Crippen LogP) is 3.78. The summed E-state index contributed by atoms with van der Waals surface area (Å²) in [7, 11) is 1.84. The Hall–Kier alpha value is -2.02. The number of anilines is 1. The molecule has 4 heteroatoms. The molecule has 1 aromatic carbocycles. The minimum absolute atomic E-state index is 0.0632. The van der Waals surface area contributed by atoms with Gasteiger partial charge in [0.1, 0.15) is 0 Å². The molecule has 1 aliphatic rings. The van der Waals surface area contributed by atoms with E-state index in [1.165, 1.54) is 5.56 Å². The lowest BCUT2D eigenvalue weighted by molar-refractivity contribution is 0.210. The summed E-state index contributed by atoms with van der Waals surface area (Å²) < 4.78 is 0. The number of amides is 2. The summed E-state index contributed by atoms with van der Waals surface area (Å²) in [4.78, 5) is 15.9. The van der Waals surface area contributed by atoms with Crippen LogP contribution in [0.3, 0.4) is 0 Å². The molecule has 21 heavy (non-hydrogen) atoms. The number of unbranched alkanes of at least 4 members (excludes halogenated alkanes) is 1. The Bertz CT molecular complexity index is 559. The van der Waals surface area contributed by atoms with E-state index in [4.69, 9.17) is 5.26 Å². The van der Waals surface area contributed by atoms with Gasteiger partial charge in [0.25, 0.3) is 0 Å². The first-order valence-corrected chi connectivity index (χ1v) is 7.46. The molecule has 0 aromatic heterocycles. The number of carbonyl (C=O) groups excluding carboxylic acids is 1. The Kier molecular flexibility index (Phi) is 4.52. The van der Waals surface area contributed by atoms with Gasteiger partial charge in [-0.05, 0) is 38.3 Å². The molecule has 2 rings (SSSR count). The second-order valence-electron chi connectivity index (χ2n) is 6.37. The molecule has 0 saturated carbocycles. The Morgan fingerprint density at radius 1 is 1.29 bits per heavy atom. The smallest absolute Gasteiger partial charge is 0.323 e. The highest BCUT2D eigenvalue weighted by Crippen LogP contribution is 2.28. The molecule has 4 nitrogen and oxygen atoms in total. The number of rotatable bonds is 5. The van der Waals surface area contributed by atoms with Crippen molar-refractivity contribution in [1.82, 2.24) is 4.90 Å². The molecule has 1 aromatic rings. The zero-order valence-corrected chi connectivity index (χ0v) is 13.1.